The molecule has 1 aliphatic rings. The van der Waals surface area contributed by atoms with Gasteiger partial charge in [0.2, 0.25) is 11.8 Å². The van der Waals surface area contributed by atoms with Crippen molar-refractivity contribution >= 4 is 35.0 Å². The molecule has 4 amide bonds. The van der Waals surface area contributed by atoms with Gasteiger partial charge in [-0.3, -0.25) is 19.2 Å². The van der Waals surface area contributed by atoms with Crippen molar-refractivity contribution in [3.8, 4) is 0 Å². The van der Waals surface area contributed by atoms with Gasteiger partial charge < -0.3 is 21.3 Å². The van der Waals surface area contributed by atoms with Crippen LogP contribution in [0, 0.1) is 11.8 Å². The van der Waals surface area contributed by atoms with E-state index in [1.165, 1.54) is 0 Å². The third-order valence-corrected chi connectivity index (χ3v) is 6.32. The van der Waals surface area contributed by atoms with Gasteiger partial charge in [0.05, 0.1) is 0 Å². The van der Waals surface area contributed by atoms with Crippen LogP contribution in [0.25, 0.3) is 0 Å². The number of amides is 4. The minimum atomic E-state index is -0.183. The molecule has 0 radical (unpaired) electrons. The summed E-state index contributed by atoms with van der Waals surface area (Å²) in [7, 11) is 0. The molecule has 36 heavy (non-hydrogen) atoms. The summed E-state index contributed by atoms with van der Waals surface area (Å²) in [5.74, 6) is -0.871. The van der Waals surface area contributed by atoms with Gasteiger partial charge in [0.25, 0.3) is 11.8 Å². The number of rotatable bonds is 10. The predicted octanol–water partition coefficient (Wildman–Crippen LogP) is 4.35. The van der Waals surface area contributed by atoms with Gasteiger partial charge in [0.1, 0.15) is 0 Å². The number of nitrogens with one attached hydrogen (secondary N) is 4. The molecule has 0 aromatic heterocycles. The zero-order chi connectivity index (χ0) is 25.9. The molecule has 0 spiro atoms. The lowest BCUT2D eigenvalue weighted by atomic mass is 9.81. The minimum Gasteiger partial charge on any atom is -0.352 e. The Morgan fingerprint density at radius 1 is 0.667 bits per heavy atom. The summed E-state index contributed by atoms with van der Waals surface area (Å²) in [6.45, 7) is 5.18. The molecular formula is C28H36N4O4. The molecule has 0 saturated heterocycles. The summed E-state index contributed by atoms with van der Waals surface area (Å²) < 4.78 is 0. The van der Waals surface area contributed by atoms with Crippen molar-refractivity contribution in [2.75, 3.05) is 23.7 Å². The number of hydrogen-bond donors (Lipinski definition) is 4. The van der Waals surface area contributed by atoms with Crippen LogP contribution in [0.3, 0.4) is 0 Å². The van der Waals surface area contributed by atoms with Crippen LogP contribution >= 0.6 is 0 Å². The molecule has 1 aliphatic carbocycles. The average molecular weight is 493 g/mol. The van der Waals surface area contributed by atoms with Gasteiger partial charge >= 0.3 is 0 Å². The quantitative estimate of drug-likeness (QED) is 0.394. The summed E-state index contributed by atoms with van der Waals surface area (Å²) in [5.41, 5.74) is 2.20. The van der Waals surface area contributed by atoms with Gasteiger partial charge in [-0.15, -0.1) is 0 Å². The average Bonchev–Trinajstić information content (AvgIpc) is 2.90. The van der Waals surface area contributed by atoms with E-state index in [1.807, 2.05) is 13.8 Å². The van der Waals surface area contributed by atoms with E-state index in [-0.39, 0.29) is 35.5 Å². The molecular weight excluding hydrogens is 456 g/mol. The Hall–Kier alpha value is -3.68. The fourth-order valence-corrected chi connectivity index (χ4v) is 4.26. The van der Waals surface area contributed by atoms with Gasteiger partial charge in [-0.05, 0) is 74.9 Å². The monoisotopic (exact) mass is 492 g/mol. The Morgan fingerprint density at radius 2 is 1.06 bits per heavy atom. The first-order chi connectivity index (χ1) is 17.4. The van der Waals surface area contributed by atoms with Crippen molar-refractivity contribution in [1.29, 1.82) is 0 Å². The van der Waals surface area contributed by atoms with Crippen LogP contribution in [0.1, 0.15) is 73.1 Å². The van der Waals surface area contributed by atoms with Crippen LogP contribution in [0.15, 0.2) is 48.5 Å². The summed E-state index contributed by atoms with van der Waals surface area (Å²) in [5, 5.41) is 11.5. The van der Waals surface area contributed by atoms with Crippen molar-refractivity contribution < 1.29 is 19.2 Å². The molecule has 1 fully saturated rings. The van der Waals surface area contributed by atoms with Gasteiger partial charge in [-0.25, -0.2) is 0 Å². The number of anilines is 2. The number of carbonyl (C=O) groups is 4. The maximum absolute atomic E-state index is 12.8. The number of benzene rings is 2. The van der Waals surface area contributed by atoms with Crippen LogP contribution in [-0.2, 0) is 9.59 Å². The third kappa shape index (κ3) is 7.66. The van der Waals surface area contributed by atoms with Gasteiger partial charge in [-0.1, -0.05) is 26.0 Å². The molecule has 8 nitrogen and oxygen atoms in total. The standard InChI is InChI=1S/C28H36N4O4/c1-3-15-29-25(33)21-7-5-9-23(17-21)31-27(35)19-11-13-20(14-12-19)28(36)32-24-10-6-8-22(18-24)26(34)30-16-4-2/h5-10,17-20H,3-4,11-16H2,1-2H3,(H,29,33)(H,30,34)(H,31,35)(H,32,36). The van der Waals surface area contributed by atoms with Crippen molar-refractivity contribution in [3.63, 3.8) is 0 Å². The maximum Gasteiger partial charge on any atom is 0.251 e. The van der Waals surface area contributed by atoms with Crippen LogP contribution in [0.4, 0.5) is 11.4 Å². The molecule has 1 saturated carbocycles. The molecule has 8 heteroatoms. The van der Waals surface area contributed by atoms with E-state index in [4.69, 9.17) is 0 Å². The summed E-state index contributed by atoms with van der Waals surface area (Å²) in [6.07, 6.45) is 4.15. The van der Waals surface area contributed by atoms with E-state index in [2.05, 4.69) is 21.3 Å². The van der Waals surface area contributed by atoms with E-state index in [0.717, 1.165) is 12.8 Å². The summed E-state index contributed by atoms with van der Waals surface area (Å²) in [4.78, 5) is 50.0. The zero-order valence-electron chi connectivity index (χ0n) is 21.1. The van der Waals surface area contributed by atoms with E-state index in [1.54, 1.807) is 48.5 Å². The van der Waals surface area contributed by atoms with Crippen molar-refractivity contribution in [2.45, 2.75) is 52.4 Å². The highest BCUT2D eigenvalue weighted by atomic mass is 16.2. The summed E-state index contributed by atoms with van der Waals surface area (Å²) in [6, 6.07) is 13.8. The molecule has 0 unspecified atom stereocenters. The lowest BCUT2D eigenvalue weighted by Crippen LogP contribution is -2.32. The predicted molar refractivity (Wildman–Crippen MR) is 141 cm³/mol. The number of hydrogen-bond acceptors (Lipinski definition) is 4. The van der Waals surface area contributed by atoms with E-state index >= 15 is 0 Å². The Morgan fingerprint density at radius 3 is 1.42 bits per heavy atom. The molecule has 192 valence electrons. The molecule has 2 aromatic rings. The van der Waals surface area contributed by atoms with Gasteiger partial charge in [-0.2, -0.15) is 0 Å². The maximum atomic E-state index is 12.8. The largest absolute Gasteiger partial charge is 0.352 e. The normalized spacial score (nSPS) is 17.1. The molecule has 0 heterocycles. The Kier molecular flexibility index (Phi) is 10.0. The van der Waals surface area contributed by atoms with Crippen LogP contribution < -0.4 is 21.3 Å². The summed E-state index contributed by atoms with van der Waals surface area (Å²) >= 11 is 0. The van der Waals surface area contributed by atoms with Crippen molar-refractivity contribution in [3.05, 3.63) is 59.7 Å². The second kappa shape index (κ2) is 13.4. The highest BCUT2D eigenvalue weighted by molar-refractivity contribution is 5.99. The van der Waals surface area contributed by atoms with Crippen LogP contribution in [0.2, 0.25) is 0 Å². The second-order valence-electron chi connectivity index (χ2n) is 9.20. The van der Waals surface area contributed by atoms with Crippen LogP contribution in [0.5, 0.6) is 0 Å². The highest BCUT2D eigenvalue weighted by Crippen LogP contribution is 2.31. The van der Waals surface area contributed by atoms with Crippen molar-refractivity contribution in [2.24, 2.45) is 11.8 Å². The molecule has 2 aromatic carbocycles. The van der Waals surface area contributed by atoms with Gasteiger partial charge in [0, 0.05) is 47.4 Å². The number of carbonyl (C=O) groups excluding carboxylic acids is 4. The first kappa shape index (κ1) is 26.9. The van der Waals surface area contributed by atoms with Crippen molar-refractivity contribution in [1.82, 2.24) is 10.6 Å². The lowest BCUT2D eigenvalue weighted by molar-refractivity contribution is -0.125. The zero-order valence-corrected chi connectivity index (χ0v) is 21.1. The Balaban J connectivity index is 1.49. The molecule has 4 N–H and O–H groups in total. The first-order valence-corrected chi connectivity index (χ1v) is 12.8. The second-order valence-corrected chi connectivity index (χ2v) is 9.20. The van der Waals surface area contributed by atoms with Gasteiger partial charge in [0.15, 0.2) is 0 Å². The minimum absolute atomic E-state index is 0.0919. The Bertz CT molecular complexity index is 991. The topological polar surface area (TPSA) is 116 Å². The first-order valence-electron chi connectivity index (χ1n) is 12.8. The highest BCUT2D eigenvalue weighted by Gasteiger charge is 2.30. The SMILES string of the molecule is CCCNC(=O)c1cccc(NC(=O)C2CCC(C(=O)Nc3cccc(C(=O)NCCC)c3)CC2)c1. The third-order valence-electron chi connectivity index (χ3n) is 6.32. The van der Waals surface area contributed by atoms with E-state index < -0.39 is 0 Å². The smallest absolute Gasteiger partial charge is 0.251 e. The fourth-order valence-electron chi connectivity index (χ4n) is 4.26. The molecule has 0 atom stereocenters. The molecule has 3 rings (SSSR count). The van der Waals surface area contributed by atoms with Crippen LogP contribution in [-0.4, -0.2) is 36.7 Å². The molecule has 0 bridgehead atoms. The van der Waals surface area contributed by atoms with E-state index in [9.17, 15) is 19.2 Å². The lowest BCUT2D eigenvalue weighted by Gasteiger charge is -2.27. The van der Waals surface area contributed by atoms with E-state index in [0.29, 0.717) is 61.3 Å². The Labute approximate surface area is 212 Å². The fraction of sp³-hybridized carbons (Fsp3) is 0.429. The molecule has 0 aliphatic heterocycles.